The average Bonchev–Trinajstić information content (AvgIpc) is 2.46. The molecule has 20 heavy (non-hydrogen) atoms. The van der Waals surface area contributed by atoms with Crippen LogP contribution in [-0.2, 0) is 4.79 Å². The number of nitrogens with zero attached hydrogens (tertiary/aromatic N) is 1. The van der Waals surface area contributed by atoms with Gasteiger partial charge in [-0.25, -0.2) is 4.79 Å². The van der Waals surface area contributed by atoms with Gasteiger partial charge in [0.1, 0.15) is 6.04 Å². The van der Waals surface area contributed by atoms with Crippen LogP contribution in [0.5, 0.6) is 0 Å². The quantitative estimate of drug-likeness (QED) is 0.814. The van der Waals surface area contributed by atoms with E-state index in [1.54, 1.807) is 24.3 Å². The number of pyridine rings is 1. The zero-order chi connectivity index (χ0) is 14.5. The topological polar surface area (TPSA) is 79.3 Å². The number of fused-ring (bicyclic) bond motifs is 1. The van der Waals surface area contributed by atoms with Crippen LogP contribution in [0.1, 0.15) is 16.8 Å². The lowest BCUT2D eigenvalue weighted by Gasteiger charge is -2.13. The fourth-order valence-electron chi connectivity index (χ4n) is 1.92. The third-order valence-electron chi connectivity index (χ3n) is 2.90. The van der Waals surface area contributed by atoms with Crippen LogP contribution in [0.4, 0.5) is 0 Å². The summed E-state index contributed by atoms with van der Waals surface area (Å²) in [5, 5.41) is 12.2. The lowest BCUT2D eigenvalue weighted by Crippen LogP contribution is -2.40. The Kier molecular flexibility index (Phi) is 4.10. The van der Waals surface area contributed by atoms with Crippen molar-refractivity contribution in [3.8, 4) is 0 Å². The predicted molar refractivity (Wildman–Crippen MR) is 75.4 cm³/mol. The SMILES string of the molecule is C=CCC(NC(=O)c1ccnc2ccccc12)C(=O)O. The number of aliphatic carboxylic acids is 1. The Balaban J connectivity index is 2.31. The number of hydrogen-bond donors (Lipinski definition) is 2. The molecule has 1 unspecified atom stereocenters. The summed E-state index contributed by atoms with van der Waals surface area (Å²) in [5.74, 6) is -1.52. The van der Waals surface area contributed by atoms with Crippen LogP contribution in [-0.4, -0.2) is 28.0 Å². The molecule has 0 aliphatic heterocycles. The van der Waals surface area contributed by atoms with Crippen LogP contribution < -0.4 is 5.32 Å². The Bertz CT molecular complexity index is 662. The van der Waals surface area contributed by atoms with Gasteiger partial charge in [0.2, 0.25) is 0 Å². The Labute approximate surface area is 115 Å². The number of para-hydroxylation sites is 1. The molecule has 2 rings (SSSR count). The number of carbonyl (C=O) groups excluding carboxylic acids is 1. The van der Waals surface area contributed by atoms with Gasteiger partial charge in [-0.15, -0.1) is 6.58 Å². The van der Waals surface area contributed by atoms with Gasteiger partial charge in [-0.05, 0) is 18.6 Å². The fourth-order valence-corrected chi connectivity index (χ4v) is 1.92. The molecule has 0 spiro atoms. The van der Waals surface area contributed by atoms with Crippen molar-refractivity contribution in [1.29, 1.82) is 0 Å². The number of hydrogen-bond acceptors (Lipinski definition) is 3. The molecule has 0 saturated heterocycles. The highest BCUT2D eigenvalue weighted by Gasteiger charge is 2.20. The molecule has 0 radical (unpaired) electrons. The first-order chi connectivity index (χ1) is 9.63. The number of carboxylic acids is 1. The standard InChI is InChI=1S/C15H14N2O3/c1-2-5-13(15(19)20)17-14(18)11-8-9-16-12-7-4-3-6-10(11)12/h2-4,6-9,13H,1,5H2,(H,17,18)(H,19,20). The third-order valence-corrected chi connectivity index (χ3v) is 2.90. The second-order valence-electron chi connectivity index (χ2n) is 4.26. The summed E-state index contributed by atoms with van der Waals surface area (Å²) in [7, 11) is 0. The highest BCUT2D eigenvalue weighted by Crippen LogP contribution is 2.16. The summed E-state index contributed by atoms with van der Waals surface area (Å²) >= 11 is 0. The Morgan fingerprint density at radius 1 is 1.35 bits per heavy atom. The lowest BCUT2D eigenvalue weighted by atomic mass is 10.1. The minimum Gasteiger partial charge on any atom is -0.480 e. The molecule has 0 saturated carbocycles. The normalized spacial score (nSPS) is 11.8. The molecule has 2 N–H and O–H groups in total. The van der Waals surface area contributed by atoms with Crippen LogP contribution in [0.2, 0.25) is 0 Å². The molecule has 5 nitrogen and oxygen atoms in total. The van der Waals surface area contributed by atoms with Crippen LogP contribution in [0.15, 0.2) is 49.2 Å². The molecule has 1 atom stereocenters. The molecule has 2 aromatic rings. The molecule has 5 heteroatoms. The van der Waals surface area contributed by atoms with Crippen LogP contribution in [0.25, 0.3) is 10.9 Å². The minimum absolute atomic E-state index is 0.171. The maximum Gasteiger partial charge on any atom is 0.326 e. The Morgan fingerprint density at radius 2 is 2.10 bits per heavy atom. The summed E-state index contributed by atoms with van der Waals surface area (Å²) in [6, 6.07) is 7.80. The number of carbonyl (C=O) groups is 2. The van der Waals surface area contributed by atoms with E-state index in [4.69, 9.17) is 5.11 Å². The van der Waals surface area contributed by atoms with Gasteiger partial charge in [0, 0.05) is 11.6 Å². The molecule has 0 bridgehead atoms. The van der Waals surface area contributed by atoms with Gasteiger partial charge >= 0.3 is 5.97 Å². The van der Waals surface area contributed by atoms with Crippen LogP contribution >= 0.6 is 0 Å². The van der Waals surface area contributed by atoms with Gasteiger partial charge in [-0.1, -0.05) is 24.3 Å². The highest BCUT2D eigenvalue weighted by molar-refractivity contribution is 6.06. The van der Waals surface area contributed by atoms with E-state index in [2.05, 4.69) is 16.9 Å². The first-order valence-electron chi connectivity index (χ1n) is 6.12. The number of carboxylic acid groups (broad SMARTS) is 1. The number of nitrogens with one attached hydrogen (secondary N) is 1. The first-order valence-corrected chi connectivity index (χ1v) is 6.12. The van der Waals surface area contributed by atoms with Crippen molar-refractivity contribution in [3.05, 3.63) is 54.7 Å². The van der Waals surface area contributed by atoms with Gasteiger partial charge in [-0.3, -0.25) is 9.78 Å². The lowest BCUT2D eigenvalue weighted by molar-refractivity contribution is -0.139. The van der Waals surface area contributed by atoms with Gasteiger partial charge in [-0.2, -0.15) is 0 Å². The molecule has 0 aliphatic carbocycles. The van der Waals surface area contributed by atoms with E-state index < -0.39 is 17.9 Å². The van der Waals surface area contributed by atoms with Gasteiger partial charge in [0.15, 0.2) is 0 Å². The maximum atomic E-state index is 12.2. The zero-order valence-electron chi connectivity index (χ0n) is 10.7. The summed E-state index contributed by atoms with van der Waals surface area (Å²) < 4.78 is 0. The van der Waals surface area contributed by atoms with Crippen LogP contribution in [0.3, 0.4) is 0 Å². The molecular formula is C15H14N2O3. The molecule has 0 fully saturated rings. The number of benzene rings is 1. The van der Waals surface area contributed by atoms with Crippen molar-refractivity contribution in [2.45, 2.75) is 12.5 Å². The number of aromatic nitrogens is 1. The molecule has 1 aromatic carbocycles. The Morgan fingerprint density at radius 3 is 2.80 bits per heavy atom. The van der Waals surface area contributed by atoms with E-state index in [9.17, 15) is 9.59 Å². The molecule has 0 aliphatic rings. The van der Waals surface area contributed by atoms with Crippen molar-refractivity contribution in [2.75, 3.05) is 0 Å². The number of amides is 1. The highest BCUT2D eigenvalue weighted by atomic mass is 16.4. The van der Waals surface area contributed by atoms with Crippen molar-refractivity contribution in [1.82, 2.24) is 10.3 Å². The van der Waals surface area contributed by atoms with E-state index in [0.717, 1.165) is 0 Å². The monoisotopic (exact) mass is 270 g/mol. The van der Waals surface area contributed by atoms with E-state index in [1.165, 1.54) is 12.3 Å². The van der Waals surface area contributed by atoms with Gasteiger partial charge < -0.3 is 10.4 Å². The fraction of sp³-hybridized carbons (Fsp3) is 0.133. The van der Waals surface area contributed by atoms with E-state index >= 15 is 0 Å². The van der Waals surface area contributed by atoms with Crippen molar-refractivity contribution in [3.63, 3.8) is 0 Å². The van der Waals surface area contributed by atoms with Crippen LogP contribution in [0, 0.1) is 0 Å². The Hall–Kier alpha value is -2.69. The minimum atomic E-state index is -1.09. The molecule has 102 valence electrons. The van der Waals surface area contributed by atoms with E-state index in [0.29, 0.717) is 16.5 Å². The number of rotatable bonds is 5. The molecule has 1 aromatic heterocycles. The summed E-state index contributed by atoms with van der Waals surface area (Å²) in [6.07, 6.45) is 3.16. The second kappa shape index (κ2) is 5.97. The molecule has 1 amide bonds. The maximum absolute atomic E-state index is 12.2. The second-order valence-corrected chi connectivity index (χ2v) is 4.26. The van der Waals surface area contributed by atoms with Gasteiger partial charge in [0.05, 0.1) is 11.1 Å². The summed E-state index contributed by atoms with van der Waals surface area (Å²) in [6.45, 7) is 3.49. The summed E-state index contributed by atoms with van der Waals surface area (Å²) in [5.41, 5.74) is 1.10. The van der Waals surface area contributed by atoms with E-state index in [-0.39, 0.29) is 6.42 Å². The predicted octanol–water partition coefficient (Wildman–Crippen LogP) is 1.99. The summed E-state index contributed by atoms with van der Waals surface area (Å²) in [4.78, 5) is 27.4. The van der Waals surface area contributed by atoms with Gasteiger partial charge in [0.25, 0.3) is 5.91 Å². The smallest absolute Gasteiger partial charge is 0.326 e. The first kappa shape index (κ1) is 13.7. The van der Waals surface area contributed by atoms with Crippen molar-refractivity contribution in [2.24, 2.45) is 0 Å². The van der Waals surface area contributed by atoms with Crippen molar-refractivity contribution >= 4 is 22.8 Å². The molecule has 1 heterocycles. The largest absolute Gasteiger partial charge is 0.480 e. The third kappa shape index (κ3) is 2.83. The van der Waals surface area contributed by atoms with E-state index in [1.807, 2.05) is 6.07 Å². The zero-order valence-corrected chi connectivity index (χ0v) is 10.7. The molecular weight excluding hydrogens is 256 g/mol. The van der Waals surface area contributed by atoms with Crippen molar-refractivity contribution < 1.29 is 14.7 Å². The average molecular weight is 270 g/mol.